The number of fused-ring (bicyclic) bond motifs is 1. The topological polar surface area (TPSA) is 95.1 Å². The number of rotatable bonds is 2. The molecule has 3 rings (SSSR count). The van der Waals surface area contributed by atoms with Crippen molar-refractivity contribution in [3.8, 4) is 0 Å². The fraction of sp³-hybridized carbons (Fsp3) is 0.529. The van der Waals surface area contributed by atoms with Crippen LogP contribution in [0.1, 0.15) is 42.5 Å². The SMILES string of the molecule is Cn1c(=O)c2c(C(=O)NC3CCCCC3)cc(=O)n(C)c2n(C)c1=O. The lowest BCUT2D eigenvalue weighted by atomic mass is 9.95. The molecule has 1 N–H and O–H groups in total. The predicted molar refractivity (Wildman–Crippen MR) is 94.0 cm³/mol. The van der Waals surface area contributed by atoms with Gasteiger partial charge in [-0.3, -0.25) is 28.1 Å². The molecular weight excluding hydrogens is 324 g/mol. The highest BCUT2D eigenvalue weighted by Crippen LogP contribution is 2.18. The number of aryl methyl sites for hydroxylation is 2. The Hall–Kier alpha value is -2.64. The van der Waals surface area contributed by atoms with E-state index in [1.807, 2.05) is 0 Å². The molecule has 1 aliphatic rings. The van der Waals surface area contributed by atoms with E-state index < -0.39 is 22.7 Å². The number of hydrogen-bond donors (Lipinski definition) is 1. The first-order valence-electron chi connectivity index (χ1n) is 8.43. The van der Waals surface area contributed by atoms with Gasteiger partial charge in [0.15, 0.2) is 0 Å². The van der Waals surface area contributed by atoms with Crippen LogP contribution in [-0.4, -0.2) is 25.7 Å². The minimum atomic E-state index is -0.581. The van der Waals surface area contributed by atoms with Crippen LogP contribution >= 0.6 is 0 Å². The number of nitrogens with zero attached hydrogens (tertiary/aromatic N) is 3. The number of hydrogen-bond acceptors (Lipinski definition) is 4. The second kappa shape index (κ2) is 6.34. The van der Waals surface area contributed by atoms with Crippen molar-refractivity contribution in [2.45, 2.75) is 38.1 Å². The zero-order valence-electron chi connectivity index (χ0n) is 14.7. The molecule has 0 aliphatic heterocycles. The normalized spacial score (nSPS) is 15.5. The fourth-order valence-corrected chi connectivity index (χ4v) is 3.55. The summed E-state index contributed by atoms with van der Waals surface area (Å²) in [6.07, 6.45) is 5.05. The Morgan fingerprint density at radius 2 is 1.64 bits per heavy atom. The van der Waals surface area contributed by atoms with Crippen LogP contribution in [0.15, 0.2) is 20.4 Å². The van der Waals surface area contributed by atoms with Crippen molar-refractivity contribution in [2.75, 3.05) is 0 Å². The number of nitrogens with one attached hydrogen (secondary N) is 1. The number of carbonyl (C=O) groups is 1. The summed E-state index contributed by atoms with van der Waals surface area (Å²) in [6.45, 7) is 0. The van der Waals surface area contributed by atoms with E-state index in [4.69, 9.17) is 0 Å². The molecule has 0 saturated heterocycles. The van der Waals surface area contributed by atoms with Crippen molar-refractivity contribution >= 4 is 16.9 Å². The summed E-state index contributed by atoms with van der Waals surface area (Å²) in [5, 5.41) is 3.02. The van der Waals surface area contributed by atoms with Gasteiger partial charge in [0.05, 0.1) is 10.9 Å². The summed E-state index contributed by atoms with van der Waals surface area (Å²) in [5.41, 5.74) is -1.39. The van der Waals surface area contributed by atoms with Crippen LogP contribution in [0.2, 0.25) is 0 Å². The van der Waals surface area contributed by atoms with E-state index in [1.54, 1.807) is 0 Å². The largest absolute Gasteiger partial charge is 0.349 e. The summed E-state index contributed by atoms with van der Waals surface area (Å²) < 4.78 is 3.38. The van der Waals surface area contributed by atoms with Crippen molar-refractivity contribution in [1.29, 1.82) is 0 Å². The fourth-order valence-electron chi connectivity index (χ4n) is 3.55. The Kier molecular flexibility index (Phi) is 4.36. The summed E-state index contributed by atoms with van der Waals surface area (Å²) in [4.78, 5) is 49.8. The zero-order valence-corrected chi connectivity index (χ0v) is 14.7. The van der Waals surface area contributed by atoms with Crippen LogP contribution in [0, 0.1) is 0 Å². The Labute approximate surface area is 143 Å². The minimum absolute atomic E-state index is 0.0277. The smallest absolute Gasteiger partial charge is 0.332 e. The lowest BCUT2D eigenvalue weighted by Crippen LogP contribution is -2.42. The molecule has 0 bridgehead atoms. The molecule has 0 radical (unpaired) electrons. The average molecular weight is 346 g/mol. The van der Waals surface area contributed by atoms with Crippen LogP contribution in [0.25, 0.3) is 11.0 Å². The molecule has 0 aromatic carbocycles. The molecule has 8 heteroatoms. The van der Waals surface area contributed by atoms with Gasteiger partial charge in [-0.1, -0.05) is 19.3 Å². The van der Waals surface area contributed by atoms with Gasteiger partial charge in [-0.25, -0.2) is 4.79 Å². The lowest BCUT2D eigenvalue weighted by molar-refractivity contribution is 0.0929. The third-order valence-corrected chi connectivity index (χ3v) is 5.00. The third-order valence-electron chi connectivity index (χ3n) is 5.00. The quantitative estimate of drug-likeness (QED) is 0.828. The van der Waals surface area contributed by atoms with E-state index >= 15 is 0 Å². The number of carbonyl (C=O) groups excluding carboxylic acids is 1. The van der Waals surface area contributed by atoms with Gasteiger partial charge in [0.1, 0.15) is 5.65 Å². The number of aromatic nitrogens is 3. The maximum absolute atomic E-state index is 12.8. The third kappa shape index (κ3) is 2.81. The van der Waals surface area contributed by atoms with E-state index in [-0.39, 0.29) is 22.6 Å². The van der Waals surface area contributed by atoms with Crippen molar-refractivity contribution in [3.63, 3.8) is 0 Å². The molecule has 0 atom stereocenters. The van der Waals surface area contributed by atoms with Gasteiger partial charge in [0.25, 0.3) is 17.0 Å². The van der Waals surface area contributed by atoms with Crippen molar-refractivity contribution in [2.24, 2.45) is 21.1 Å². The molecule has 0 unspecified atom stereocenters. The van der Waals surface area contributed by atoms with Crippen LogP contribution < -0.4 is 22.1 Å². The Morgan fingerprint density at radius 3 is 2.28 bits per heavy atom. The van der Waals surface area contributed by atoms with Crippen molar-refractivity contribution in [3.05, 3.63) is 42.8 Å². The van der Waals surface area contributed by atoms with Crippen molar-refractivity contribution in [1.82, 2.24) is 19.0 Å². The number of amides is 1. The first-order chi connectivity index (χ1) is 11.8. The van der Waals surface area contributed by atoms with E-state index in [1.165, 1.54) is 36.3 Å². The Balaban J connectivity index is 2.23. The molecule has 1 fully saturated rings. The summed E-state index contributed by atoms with van der Waals surface area (Å²) in [7, 11) is 4.32. The van der Waals surface area contributed by atoms with E-state index in [0.717, 1.165) is 36.7 Å². The second-order valence-electron chi connectivity index (χ2n) is 6.67. The molecule has 2 aromatic heterocycles. The van der Waals surface area contributed by atoms with Gasteiger partial charge >= 0.3 is 5.69 Å². The first-order valence-corrected chi connectivity index (χ1v) is 8.43. The van der Waals surface area contributed by atoms with Gasteiger partial charge in [-0.2, -0.15) is 0 Å². The maximum atomic E-state index is 12.8. The van der Waals surface area contributed by atoms with E-state index in [9.17, 15) is 19.2 Å². The van der Waals surface area contributed by atoms with Crippen LogP contribution in [0.5, 0.6) is 0 Å². The second-order valence-corrected chi connectivity index (χ2v) is 6.67. The molecule has 25 heavy (non-hydrogen) atoms. The predicted octanol–water partition coefficient (Wildman–Crippen LogP) is -0.00160. The molecule has 8 nitrogen and oxygen atoms in total. The zero-order chi connectivity index (χ0) is 18.3. The van der Waals surface area contributed by atoms with Gasteiger partial charge in [-0.15, -0.1) is 0 Å². The molecule has 1 saturated carbocycles. The molecule has 1 amide bonds. The first kappa shape index (κ1) is 17.2. The van der Waals surface area contributed by atoms with Crippen LogP contribution in [0.3, 0.4) is 0 Å². The molecule has 2 aromatic rings. The molecule has 0 spiro atoms. The highest BCUT2D eigenvalue weighted by atomic mass is 16.2. The van der Waals surface area contributed by atoms with Crippen LogP contribution in [-0.2, 0) is 21.1 Å². The minimum Gasteiger partial charge on any atom is -0.349 e. The van der Waals surface area contributed by atoms with Gasteiger partial charge < -0.3 is 5.32 Å². The monoisotopic (exact) mass is 346 g/mol. The van der Waals surface area contributed by atoms with E-state index in [2.05, 4.69) is 5.32 Å². The van der Waals surface area contributed by atoms with E-state index in [0.29, 0.717) is 0 Å². The number of pyridine rings is 1. The average Bonchev–Trinajstić information content (AvgIpc) is 2.60. The van der Waals surface area contributed by atoms with Gasteiger partial charge in [-0.05, 0) is 12.8 Å². The van der Waals surface area contributed by atoms with Crippen molar-refractivity contribution < 1.29 is 4.79 Å². The molecular formula is C17H22N4O4. The summed E-state index contributed by atoms with van der Waals surface area (Å²) in [6, 6.07) is 1.23. The molecule has 1 aliphatic carbocycles. The Bertz CT molecular complexity index is 1020. The van der Waals surface area contributed by atoms with Gasteiger partial charge in [0, 0.05) is 33.3 Å². The highest BCUT2D eigenvalue weighted by Gasteiger charge is 2.23. The maximum Gasteiger partial charge on any atom is 0.332 e. The lowest BCUT2D eigenvalue weighted by Gasteiger charge is -2.23. The van der Waals surface area contributed by atoms with Crippen LogP contribution in [0.4, 0.5) is 0 Å². The van der Waals surface area contributed by atoms with Gasteiger partial charge in [0.2, 0.25) is 0 Å². The summed E-state index contributed by atoms with van der Waals surface area (Å²) >= 11 is 0. The molecule has 134 valence electrons. The Morgan fingerprint density at radius 1 is 1.00 bits per heavy atom. The highest BCUT2D eigenvalue weighted by molar-refractivity contribution is 6.05. The molecule has 2 heterocycles. The standard InChI is InChI=1S/C17H22N4O4/c1-19-12(22)9-11(14(23)18-10-7-5-4-6-8-10)13-15(19)20(2)17(25)21(3)16(13)24/h9-10H,4-8H2,1-3H3,(H,18,23). The summed E-state index contributed by atoms with van der Waals surface area (Å²) in [5.74, 6) is -0.439.